The third-order valence-corrected chi connectivity index (χ3v) is 5.52. The molecule has 2 aromatic carbocycles. The Kier molecular flexibility index (Phi) is 4.73. The normalized spacial score (nSPS) is 11.4. The maximum atomic E-state index is 13.0. The van der Waals surface area contributed by atoms with Crippen molar-refractivity contribution in [1.29, 1.82) is 0 Å². The largest absolute Gasteiger partial charge is 0.278 e. The highest BCUT2D eigenvalue weighted by atomic mass is 79.9. The molecule has 0 aliphatic carbocycles. The van der Waals surface area contributed by atoms with Crippen molar-refractivity contribution in [2.24, 2.45) is 0 Å². The van der Waals surface area contributed by atoms with Gasteiger partial charge in [0.05, 0.1) is 10.7 Å². The maximum absolute atomic E-state index is 13.0. The van der Waals surface area contributed by atoms with E-state index in [1.165, 1.54) is 12.1 Å². The van der Waals surface area contributed by atoms with Crippen LogP contribution >= 0.6 is 43.5 Å². The molecule has 0 radical (unpaired) electrons. The maximum Gasteiger partial charge on any atom is 0.263 e. The average molecular weight is 444 g/mol. The van der Waals surface area contributed by atoms with E-state index in [9.17, 15) is 12.8 Å². The van der Waals surface area contributed by atoms with Crippen molar-refractivity contribution in [2.45, 2.75) is 4.90 Å². The molecule has 0 aliphatic rings. The van der Waals surface area contributed by atoms with E-state index in [0.29, 0.717) is 4.47 Å². The van der Waals surface area contributed by atoms with Gasteiger partial charge in [-0.25, -0.2) is 12.8 Å². The predicted molar refractivity (Wildman–Crippen MR) is 84.1 cm³/mol. The van der Waals surface area contributed by atoms with E-state index < -0.39 is 15.8 Å². The van der Waals surface area contributed by atoms with E-state index in [0.717, 1.165) is 12.1 Å². The van der Waals surface area contributed by atoms with Gasteiger partial charge >= 0.3 is 0 Å². The first kappa shape index (κ1) is 15.8. The van der Waals surface area contributed by atoms with E-state index >= 15 is 0 Å². The summed E-state index contributed by atoms with van der Waals surface area (Å²) >= 11 is 12.2. The van der Waals surface area contributed by atoms with Gasteiger partial charge in [-0.2, -0.15) is 0 Å². The van der Waals surface area contributed by atoms with Gasteiger partial charge in [0, 0.05) is 8.95 Å². The molecule has 0 amide bonds. The number of rotatable bonds is 3. The molecule has 2 rings (SSSR count). The van der Waals surface area contributed by atoms with E-state index in [1.807, 2.05) is 0 Å². The summed E-state index contributed by atoms with van der Waals surface area (Å²) in [5.41, 5.74) is 0.234. The first-order valence-corrected chi connectivity index (χ1v) is 8.67. The van der Waals surface area contributed by atoms with Crippen LogP contribution in [0.1, 0.15) is 0 Å². The Hall–Kier alpha value is -0.630. The highest BCUT2D eigenvalue weighted by Gasteiger charge is 2.19. The highest BCUT2D eigenvalue weighted by Crippen LogP contribution is 2.30. The zero-order chi connectivity index (χ0) is 14.9. The minimum Gasteiger partial charge on any atom is -0.278 e. The number of sulfonamides is 1. The molecule has 0 aromatic heterocycles. The number of hydrogen-bond donors (Lipinski definition) is 1. The molecule has 3 nitrogen and oxygen atoms in total. The van der Waals surface area contributed by atoms with Crippen molar-refractivity contribution >= 4 is 59.2 Å². The molecule has 20 heavy (non-hydrogen) atoms. The van der Waals surface area contributed by atoms with Crippen molar-refractivity contribution in [2.75, 3.05) is 4.72 Å². The lowest BCUT2D eigenvalue weighted by Gasteiger charge is -2.11. The summed E-state index contributed by atoms with van der Waals surface area (Å²) in [4.78, 5) is -0.0741. The topological polar surface area (TPSA) is 46.2 Å². The Morgan fingerprint density at radius 3 is 2.45 bits per heavy atom. The lowest BCUT2D eigenvalue weighted by Crippen LogP contribution is -2.14. The molecule has 0 saturated heterocycles. The van der Waals surface area contributed by atoms with Crippen LogP contribution in [0, 0.1) is 5.82 Å². The second kappa shape index (κ2) is 6.01. The first-order valence-electron chi connectivity index (χ1n) is 5.22. The Morgan fingerprint density at radius 2 is 1.80 bits per heavy atom. The fraction of sp³-hybridized carbons (Fsp3) is 0. The smallest absolute Gasteiger partial charge is 0.263 e. The van der Waals surface area contributed by atoms with Crippen LogP contribution in [0.5, 0.6) is 0 Å². The molecule has 0 unspecified atom stereocenters. The van der Waals surface area contributed by atoms with Crippen LogP contribution in [0.25, 0.3) is 0 Å². The SMILES string of the molecule is O=S(=O)(Nc1cc(Br)ccc1Cl)c1ccc(F)cc1Br. The average Bonchev–Trinajstić information content (AvgIpc) is 2.33. The summed E-state index contributed by atoms with van der Waals surface area (Å²) in [6, 6.07) is 8.11. The van der Waals surface area contributed by atoms with Crippen LogP contribution in [-0.2, 0) is 10.0 Å². The molecule has 1 N–H and O–H groups in total. The monoisotopic (exact) mass is 441 g/mol. The molecular formula is C12H7Br2ClFNO2S. The number of nitrogens with one attached hydrogen (secondary N) is 1. The molecule has 106 valence electrons. The van der Waals surface area contributed by atoms with E-state index in [4.69, 9.17) is 11.6 Å². The van der Waals surface area contributed by atoms with Crippen LogP contribution in [-0.4, -0.2) is 8.42 Å². The Morgan fingerprint density at radius 1 is 1.10 bits per heavy atom. The summed E-state index contributed by atoms with van der Waals surface area (Å²) in [5.74, 6) is -0.531. The first-order chi connectivity index (χ1) is 9.29. The molecule has 2 aromatic rings. The molecule has 0 spiro atoms. The van der Waals surface area contributed by atoms with E-state index in [1.54, 1.807) is 12.1 Å². The van der Waals surface area contributed by atoms with Gasteiger partial charge in [-0.15, -0.1) is 0 Å². The standard InChI is InChI=1S/C12H7Br2ClFNO2S/c13-7-1-3-10(15)11(5-7)17-20(18,19)12-4-2-8(16)6-9(12)14/h1-6,17H. The number of benzene rings is 2. The molecule has 0 aliphatic heterocycles. The van der Waals surface area contributed by atoms with Gasteiger partial charge in [-0.3, -0.25) is 4.72 Å². The van der Waals surface area contributed by atoms with Gasteiger partial charge in [0.2, 0.25) is 0 Å². The number of halogens is 4. The minimum absolute atomic E-state index is 0.0741. The second-order valence-electron chi connectivity index (χ2n) is 3.80. The minimum atomic E-state index is -3.87. The lowest BCUT2D eigenvalue weighted by molar-refractivity contribution is 0.599. The molecular weight excluding hydrogens is 436 g/mol. The molecule has 0 saturated carbocycles. The van der Waals surface area contributed by atoms with Crippen LogP contribution in [0.15, 0.2) is 50.2 Å². The molecule has 8 heteroatoms. The van der Waals surface area contributed by atoms with Crippen molar-refractivity contribution in [3.63, 3.8) is 0 Å². The van der Waals surface area contributed by atoms with Gasteiger partial charge in [0.1, 0.15) is 10.7 Å². The summed E-state index contributed by atoms with van der Waals surface area (Å²) in [5, 5.41) is 0.259. The van der Waals surface area contributed by atoms with E-state index in [-0.39, 0.29) is 20.1 Å². The van der Waals surface area contributed by atoms with Gasteiger partial charge < -0.3 is 0 Å². The fourth-order valence-corrected chi connectivity index (χ4v) is 4.17. The van der Waals surface area contributed by atoms with Gasteiger partial charge in [0.25, 0.3) is 10.0 Å². The summed E-state index contributed by atoms with van der Waals surface area (Å²) in [6.45, 7) is 0. The van der Waals surface area contributed by atoms with E-state index in [2.05, 4.69) is 36.6 Å². The summed E-state index contributed by atoms with van der Waals surface area (Å²) in [7, 11) is -3.87. The van der Waals surface area contributed by atoms with Crippen LogP contribution < -0.4 is 4.72 Å². The second-order valence-corrected chi connectivity index (χ2v) is 7.63. The van der Waals surface area contributed by atoms with Crippen LogP contribution in [0.4, 0.5) is 10.1 Å². The quantitative estimate of drug-likeness (QED) is 0.741. The third-order valence-electron chi connectivity index (χ3n) is 2.36. The summed E-state index contributed by atoms with van der Waals surface area (Å²) < 4.78 is 40.7. The zero-order valence-corrected chi connectivity index (χ0v) is 14.4. The van der Waals surface area contributed by atoms with Crippen molar-refractivity contribution in [3.8, 4) is 0 Å². The molecule has 0 bridgehead atoms. The molecule has 0 fully saturated rings. The Labute approximate surface area is 137 Å². The Balaban J connectivity index is 2.43. The van der Waals surface area contributed by atoms with Crippen LogP contribution in [0.2, 0.25) is 5.02 Å². The van der Waals surface area contributed by atoms with Crippen molar-refractivity contribution in [3.05, 3.63) is 56.2 Å². The van der Waals surface area contributed by atoms with Gasteiger partial charge in [-0.1, -0.05) is 27.5 Å². The van der Waals surface area contributed by atoms with Gasteiger partial charge in [-0.05, 0) is 52.3 Å². The van der Waals surface area contributed by atoms with Crippen LogP contribution in [0.3, 0.4) is 0 Å². The fourth-order valence-electron chi connectivity index (χ4n) is 1.47. The number of hydrogen-bond acceptors (Lipinski definition) is 2. The van der Waals surface area contributed by atoms with Crippen molar-refractivity contribution < 1.29 is 12.8 Å². The highest BCUT2D eigenvalue weighted by molar-refractivity contribution is 9.10. The predicted octanol–water partition coefficient (Wildman–Crippen LogP) is 4.80. The zero-order valence-electron chi connectivity index (χ0n) is 9.70. The third kappa shape index (κ3) is 3.52. The number of anilines is 1. The Bertz CT molecular complexity index is 768. The van der Waals surface area contributed by atoms with Gasteiger partial charge in [0.15, 0.2) is 0 Å². The lowest BCUT2D eigenvalue weighted by atomic mass is 10.3. The summed E-state index contributed by atoms with van der Waals surface area (Å²) in [6.07, 6.45) is 0. The molecule has 0 atom stereocenters. The molecule has 0 heterocycles. The van der Waals surface area contributed by atoms with Crippen molar-refractivity contribution in [1.82, 2.24) is 0 Å².